The lowest BCUT2D eigenvalue weighted by atomic mass is 9.94. The minimum Gasteiger partial charge on any atom is -0.543 e. The number of nitrogen functional groups attached to an aromatic ring is 1. The predicted octanol–water partition coefficient (Wildman–Crippen LogP) is -0.00598. The third-order valence-electron chi connectivity index (χ3n) is 5.44. The highest BCUT2D eigenvalue weighted by molar-refractivity contribution is 8.06. The topological polar surface area (TPSA) is 154 Å². The second-order valence-electron chi connectivity index (χ2n) is 7.58. The number of nitrogens with zero attached hydrogens (tertiary/aromatic N) is 4. The zero-order valence-electron chi connectivity index (χ0n) is 19.4. The van der Waals surface area contributed by atoms with Crippen molar-refractivity contribution in [2.75, 3.05) is 30.6 Å². The lowest BCUT2D eigenvalue weighted by Gasteiger charge is -2.51. The first-order valence-electron chi connectivity index (χ1n) is 10.5. The number of thioether (sulfide) groups is 2. The van der Waals surface area contributed by atoms with E-state index in [1.54, 1.807) is 5.38 Å². The van der Waals surface area contributed by atoms with Crippen molar-refractivity contribution in [2.45, 2.75) is 24.0 Å². The van der Waals surface area contributed by atoms with Crippen LogP contribution in [0.5, 0.6) is 0 Å². The van der Waals surface area contributed by atoms with Gasteiger partial charge in [-0.2, -0.15) is 0 Å². The highest BCUT2D eigenvalue weighted by Gasteiger charge is 2.52. The molecule has 3 N–H and O–H groups in total. The molecular formula is C21H22N6O5S4. The number of fused-ring (bicyclic) bond motifs is 1. The Morgan fingerprint density at radius 2 is 2.25 bits per heavy atom. The fraction of sp³-hybridized carbons (Fsp3) is 0.333. The van der Waals surface area contributed by atoms with Crippen LogP contribution in [0.15, 0.2) is 44.5 Å². The summed E-state index contributed by atoms with van der Waals surface area (Å²) in [6.45, 7) is 1.99. The number of aliphatic carboxylic acids is 1. The fourth-order valence-electron chi connectivity index (χ4n) is 3.80. The summed E-state index contributed by atoms with van der Waals surface area (Å²) in [5.41, 5.74) is 6.64. The van der Waals surface area contributed by atoms with Gasteiger partial charge in [0.15, 0.2) is 29.0 Å². The molecular weight excluding hydrogens is 545 g/mol. The Morgan fingerprint density at radius 1 is 1.47 bits per heavy atom. The molecule has 2 aromatic rings. The number of thiazole rings is 1. The average Bonchev–Trinajstić information content (AvgIpc) is 3.29. The van der Waals surface area contributed by atoms with Crippen LogP contribution in [0.3, 0.4) is 0 Å². The standard InChI is InChI=1S/C21H22N6O5S4/c1-10-5-4-6-26(33-3)19(10)35-9-13-16(20(30)31)27-12(8-34-13)15(18(27)29)24-17(28)14(25-32-2)11-7-36-21(22)23-11/h4-7,12,15H,8-9H2,1-3H3,(H3-,22,23,24,28,30,31). The molecule has 2 amide bonds. The van der Waals surface area contributed by atoms with Gasteiger partial charge in [0.25, 0.3) is 16.8 Å². The minimum absolute atomic E-state index is 0.131. The number of β-lactam (4-membered cyclic amide) rings is 1. The van der Waals surface area contributed by atoms with E-state index in [2.05, 4.69) is 15.5 Å². The summed E-state index contributed by atoms with van der Waals surface area (Å²) in [6, 6.07) is 2.48. The molecule has 15 heteroatoms. The third kappa shape index (κ3) is 5.05. The molecule has 2 aliphatic rings. The normalized spacial score (nSPS) is 19.6. The number of carbonyl (C=O) groups is 3. The molecule has 2 atom stereocenters. The van der Waals surface area contributed by atoms with Crippen LogP contribution >= 0.6 is 46.8 Å². The SMILES string of the molecule is CON=C(C(=O)NC1C(=O)N2C(C(=O)[O-])=C(CSc3c(C)ccc[n+]3SC)SCC12)c1csc(N)n1. The summed E-state index contributed by atoms with van der Waals surface area (Å²) in [5, 5.41) is 21.2. The Labute approximate surface area is 223 Å². The van der Waals surface area contributed by atoms with E-state index in [1.165, 1.54) is 47.5 Å². The van der Waals surface area contributed by atoms with Crippen LogP contribution in [0.2, 0.25) is 0 Å². The van der Waals surface area contributed by atoms with Crippen LogP contribution in [0, 0.1) is 6.92 Å². The van der Waals surface area contributed by atoms with Gasteiger partial charge < -0.3 is 30.7 Å². The maximum Gasteiger partial charge on any atom is 0.276 e. The van der Waals surface area contributed by atoms with Crippen molar-refractivity contribution in [3.8, 4) is 0 Å². The first-order chi connectivity index (χ1) is 17.3. The molecule has 4 heterocycles. The molecule has 0 spiro atoms. The molecule has 1 fully saturated rings. The minimum atomic E-state index is -1.43. The molecule has 0 saturated carbocycles. The first-order valence-corrected chi connectivity index (χ1v) is 14.5. The smallest absolute Gasteiger partial charge is 0.276 e. The van der Waals surface area contributed by atoms with Crippen LogP contribution in [-0.4, -0.2) is 70.3 Å². The van der Waals surface area contributed by atoms with Gasteiger partial charge in [0.2, 0.25) is 0 Å². The summed E-state index contributed by atoms with van der Waals surface area (Å²) < 4.78 is 2.00. The molecule has 1 saturated heterocycles. The third-order valence-corrected chi connectivity index (χ3v) is 9.53. The molecule has 2 aliphatic heterocycles. The highest BCUT2D eigenvalue weighted by Crippen LogP contribution is 2.41. The number of carbonyl (C=O) groups excluding carboxylic acids is 3. The zero-order valence-corrected chi connectivity index (χ0v) is 22.7. The van der Waals surface area contributed by atoms with Crippen molar-refractivity contribution in [3.63, 3.8) is 0 Å². The largest absolute Gasteiger partial charge is 0.543 e. The average molecular weight is 567 g/mol. The summed E-state index contributed by atoms with van der Waals surface area (Å²) in [7, 11) is 1.28. The van der Waals surface area contributed by atoms with E-state index < -0.39 is 29.9 Å². The van der Waals surface area contributed by atoms with Gasteiger partial charge >= 0.3 is 0 Å². The Hall–Kier alpha value is -2.75. The molecule has 0 aromatic carbocycles. The summed E-state index contributed by atoms with van der Waals surface area (Å²) in [5.74, 6) is -1.85. The molecule has 0 radical (unpaired) electrons. The Morgan fingerprint density at radius 3 is 2.89 bits per heavy atom. The first kappa shape index (κ1) is 26.3. The predicted molar refractivity (Wildman–Crippen MR) is 138 cm³/mol. The van der Waals surface area contributed by atoms with E-state index in [1.807, 2.05) is 35.5 Å². The van der Waals surface area contributed by atoms with Crippen molar-refractivity contribution in [2.24, 2.45) is 5.16 Å². The molecule has 190 valence electrons. The van der Waals surface area contributed by atoms with Crippen molar-refractivity contribution >= 4 is 75.4 Å². The Bertz CT molecular complexity index is 1280. The molecule has 0 aliphatic carbocycles. The van der Waals surface area contributed by atoms with E-state index in [4.69, 9.17) is 10.6 Å². The van der Waals surface area contributed by atoms with E-state index in [0.717, 1.165) is 21.9 Å². The van der Waals surface area contributed by atoms with Gasteiger partial charge in [-0.1, -0.05) is 16.9 Å². The highest BCUT2D eigenvalue weighted by atomic mass is 32.2. The second-order valence-corrected chi connectivity index (χ2v) is 11.3. The lowest BCUT2D eigenvalue weighted by molar-refractivity contribution is -0.538. The monoisotopic (exact) mass is 566 g/mol. The van der Waals surface area contributed by atoms with E-state index >= 15 is 0 Å². The van der Waals surface area contributed by atoms with Gasteiger partial charge in [0.05, 0.1) is 17.7 Å². The molecule has 2 unspecified atom stereocenters. The van der Waals surface area contributed by atoms with E-state index in [9.17, 15) is 19.5 Å². The molecule has 0 bridgehead atoms. The molecule has 11 nitrogen and oxygen atoms in total. The van der Waals surface area contributed by atoms with Gasteiger partial charge in [0, 0.05) is 39.7 Å². The second kappa shape index (κ2) is 11.1. The van der Waals surface area contributed by atoms with E-state index in [-0.39, 0.29) is 22.2 Å². The zero-order chi connectivity index (χ0) is 26.0. The van der Waals surface area contributed by atoms with Crippen LogP contribution < -0.4 is 20.1 Å². The maximum absolute atomic E-state index is 13.0. The number of hydrogen-bond acceptors (Lipinski definition) is 12. The van der Waals surface area contributed by atoms with Gasteiger partial charge in [-0.3, -0.25) is 9.59 Å². The number of oxime groups is 1. The Balaban J connectivity index is 1.51. The number of carboxylic acid groups (broad SMARTS) is 1. The number of nitrogens with two attached hydrogens (primary N) is 1. The van der Waals surface area contributed by atoms with Crippen LogP contribution in [0.25, 0.3) is 0 Å². The summed E-state index contributed by atoms with van der Waals surface area (Å²) in [4.78, 5) is 48.5. The molecule has 4 rings (SSSR count). The van der Waals surface area contributed by atoms with Gasteiger partial charge in [-0.15, -0.1) is 27.1 Å². The lowest BCUT2D eigenvalue weighted by Crippen LogP contribution is -2.73. The van der Waals surface area contributed by atoms with Crippen molar-refractivity contribution < 1.29 is 28.3 Å². The number of carboxylic acids is 1. The van der Waals surface area contributed by atoms with Crippen LogP contribution in [0.4, 0.5) is 5.13 Å². The van der Waals surface area contributed by atoms with Gasteiger partial charge in [0.1, 0.15) is 18.8 Å². The number of nitrogens with one attached hydrogen (secondary N) is 1. The van der Waals surface area contributed by atoms with Crippen LogP contribution in [-0.2, 0) is 19.2 Å². The van der Waals surface area contributed by atoms with Crippen LogP contribution in [0.1, 0.15) is 11.3 Å². The molecule has 36 heavy (non-hydrogen) atoms. The maximum atomic E-state index is 13.0. The number of hydrogen-bond donors (Lipinski definition) is 2. The van der Waals surface area contributed by atoms with Crippen molar-refractivity contribution in [1.29, 1.82) is 0 Å². The van der Waals surface area contributed by atoms with Crippen molar-refractivity contribution in [3.05, 3.63) is 45.6 Å². The number of rotatable bonds is 9. The number of anilines is 1. The fourth-order valence-corrected chi connectivity index (χ4v) is 7.66. The number of amides is 2. The number of pyridine rings is 1. The number of aryl methyl sites for hydroxylation is 1. The van der Waals surface area contributed by atoms with Gasteiger partial charge in [-0.25, -0.2) is 4.98 Å². The molecule has 2 aromatic heterocycles. The quantitative estimate of drug-likeness (QED) is 0.139. The summed E-state index contributed by atoms with van der Waals surface area (Å²) in [6.07, 6.45) is 3.89. The van der Waals surface area contributed by atoms with Gasteiger partial charge in [-0.05, 0) is 13.0 Å². The Kier molecular flexibility index (Phi) is 8.12. The van der Waals surface area contributed by atoms with E-state index in [0.29, 0.717) is 16.4 Å². The summed E-state index contributed by atoms with van der Waals surface area (Å²) >= 11 is 5.51. The number of aromatic nitrogens is 2. The van der Waals surface area contributed by atoms with Crippen molar-refractivity contribution in [1.82, 2.24) is 15.2 Å².